The molecular formula is C20H22N4O2. The minimum Gasteiger partial charge on any atom is -0.352 e. The second-order valence-electron chi connectivity index (χ2n) is 6.15. The molecule has 2 aromatic carbocycles. The molecule has 0 aliphatic heterocycles. The highest BCUT2D eigenvalue weighted by molar-refractivity contribution is 6.05. The van der Waals surface area contributed by atoms with Gasteiger partial charge in [-0.2, -0.15) is 0 Å². The normalized spacial score (nSPS) is 10.7. The average Bonchev–Trinajstić information content (AvgIpc) is 3.03. The third-order valence-electron chi connectivity index (χ3n) is 4.18. The van der Waals surface area contributed by atoms with Crippen molar-refractivity contribution >= 4 is 28.5 Å². The van der Waals surface area contributed by atoms with E-state index in [1.54, 1.807) is 24.3 Å². The largest absolute Gasteiger partial charge is 0.352 e. The Labute approximate surface area is 152 Å². The monoisotopic (exact) mass is 350 g/mol. The van der Waals surface area contributed by atoms with Crippen LogP contribution in [0.4, 0.5) is 10.5 Å². The third kappa shape index (κ3) is 4.03. The smallest absolute Gasteiger partial charge is 0.312 e. The topological polar surface area (TPSA) is 89.2 Å². The SMILES string of the molecule is CCCn1ccc2cc(NC(=O)c3ccc(CNC(N)=O)cc3)ccc21. The van der Waals surface area contributed by atoms with Crippen molar-refractivity contribution in [2.24, 2.45) is 5.73 Å². The van der Waals surface area contributed by atoms with Crippen LogP contribution in [0.5, 0.6) is 0 Å². The predicted molar refractivity (Wildman–Crippen MR) is 103 cm³/mol. The van der Waals surface area contributed by atoms with Gasteiger partial charge < -0.3 is 20.9 Å². The van der Waals surface area contributed by atoms with Gasteiger partial charge in [0, 0.05) is 41.4 Å². The lowest BCUT2D eigenvalue weighted by Crippen LogP contribution is -2.28. The highest BCUT2D eigenvalue weighted by Gasteiger charge is 2.08. The first kappa shape index (κ1) is 17.5. The van der Waals surface area contributed by atoms with Crippen molar-refractivity contribution in [3.8, 4) is 0 Å². The van der Waals surface area contributed by atoms with Gasteiger partial charge in [-0.25, -0.2) is 4.79 Å². The third-order valence-corrected chi connectivity index (χ3v) is 4.18. The summed E-state index contributed by atoms with van der Waals surface area (Å²) in [5.41, 5.74) is 8.40. The van der Waals surface area contributed by atoms with E-state index < -0.39 is 6.03 Å². The molecule has 0 aliphatic rings. The number of nitrogens with one attached hydrogen (secondary N) is 2. The van der Waals surface area contributed by atoms with Gasteiger partial charge in [0.15, 0.2) is 0 Å². The van der Waals surface area contributed by atoms with E-state index in [0.717, 1.165) is 35.1 Å². The molecule has 6 heteroatoms. The molecule has 6 nitrogen and oxygen atoms in total. The Kier molecular flexibility index (Phi) is 5.22. The van der Waals surface area contributed by atoms with Crippen molar-refractivity contribution in [3.63, 3.8) is 0 Å². The molecule has 1 heterocycles. The summed E-state index contributed by atoms with van der Waals surface area (Å²) in [4.78, 5) is 23.2. The van der Waals surface area contributed by atoms with Crippen molar-refractivity contribution in [2.75, 3.05) is 5.32 Å². The van der Waals surface area contributed by atoms with E-state index in [1.807, 2.05) is 18.2 Å². The quantitative estimate of drug-likeness (QED) is 0.635. The van der Waals surface area contributed by atoms with E-state index in [1.165, 1.54) is 0 Å². The minimum atomic E-state index is -0.574. The van der Waals surface area contributed by atoms with E-state index in [0.29, 0.717) is 12.1 Å². The second-order valence-corrected chi connectivity index (χ2v) is 6.15. The highest BCUT2D eigenvalue weighted by Crippen LogP contribution is 2.21. The summed E-state index contributed by atoms with van der Waals surface area (Å²) in [5.74, 6) is -0.174. The van der Waals surface area contributed by atoms with Gasteiger partial charge in [0.2, 0.25) is 0 Å². The molecular weight excluding hydrogens is 328 g/mol. The van der Waals surface area contributed by atoms with Crippen molar-refractivity contribution in [1.29, 1.82) is 0 Å². The van der Waals surface area contributed by atoms with E-state index in [9.17, 15) is 9.59 Å². The molecule has 0 saturated carbocycles. The van der Waals surface area contributed by atoms with E-state index in [2.05, 4.69) is 34.4 Å². The number of carbonyl (C=O) groups is 2. The summed E-state index contributed by atoms with van der Waals surface area (Å²) < 4.78 is 2.21. The van der Waals surface area contributed by atoms with Crippen LogP contribution in [0.2, 0.25) is 0 Å². The number of rotatable bonds is 6. The lowest BCUT2D eigenvalue weighted by Gasteiger charge is -2.08. The summed E-state index contributed by atoms with van der Waals surface area (Å²) in [6.07, 6.45) is 3.14. The van der Waals surface area contributed by atoms with Crippen LogP contribution in [0.25, 0.3) is 10.9 Å². The molecule has 3 aromatic rings. The predicted octanol–water partition coefficient (Wildman–Crippen LogP) is 3.47. The van der Waals surface area contributed by atoms with Gasteiger partial charge in [-0.05, 0) is 48.4 Å². The number of primary amides is 1. The lowest BCUT2D eigenvalue weighted by atomic mass is 10.1. The van der Waals surface area contributed by atoms with Crippen molar-refractivity contribution in [1.82, 2.24) is 9.88 Å². The molecule has 0 saturated heterocycles. The summed E-state index contributed by atoms with van der Waals surface area (Å²) in [6, 6.07) is 14.4. The molecule has 0 spiro atoms. The number of benzene rings is 2. The zero-order valence-corrected chi connectivity index (χ0v) is 14.7. The van der Waals surface area contributed by atoms with Gasteiger partial charge in [-0.15, -0.1) is 0 Å². The van der Waals surface area contributed by atoms with Gasteiger partial charge in [0.05, 0.1) is 0 Å². The Morgan fingerprint density at radius 3 is 2.54 bits per heavy atom. The Bertz CT molecular complexity index is 929. The van der Waals surface area contributed by atoms with Crippen LogP contribution < -0.4 is 16.4 Å². The second kappa shape index (κ2) is 7.74. The lowest BCUT2D eigenvalue weighted by molar-refractivity contribution is 0.102. The van der Waals surface area contributed by atoms with Crippen LogP contribution in [-0.4, -0.2) is 16.5 Å². The van der Waals surface area contributed by atoms with Gasteiger partial charge in [-0.3, -0.25) is 4.79 Å². The molecule has 0 atom stereocenters. The molecule has 1 aromatic heterocycles. The van der Waals surface area contributed by atoms with Gasteiger partial charge >= 0.3 is 6.03 Å². The first-order valence-electron chi connectivity index (χ1n) is 8.59. The fourth-order valence-corrected chi connectivity index (χ4v) is 2.88. The number of hydrogen-bond acceptors (Lipinski definition) is 2. The summed E-state index contributed by atoms with van der Waals surface area (Å²) in [6.45, 7) is 3.46. The Morgan fingerprint density at radius 1 is 1.08 bits per heavy atom. The maximum absolute atomic E-state index is 12.4. The Hall–Kier alpha value is -3.28. The number of anilines is 1. The molecule has 3 rings (SSSR count). The van der Waals surface area contributed by atoms with Crippen LogP contribution in [0, 0.1) is 0 Å². The summed E-state index contributed by atoms with van der Waals surface area (Å²) in [5, 5.41) is 6.54. The number of aryl methyl sites for hydroxylation is 1. The fourth-order valence-electron chi connectivity index (χ4n) is 2.88. The number of carbonyl (C=O) groups excluding carboxylic acids is 2. The first-order valence-corrected chi connectivity index (χ1v) is 8.59. The average molecular weight is 350 g/mol. The standard InChI is InChI=1S/C20H22N4O2/c1-2-10-24-11-9-16-12-17(7-8-18(16)24)23-19(25)15-5-3-14(4-6-15)13-22-20(21)26/h3-9,11-12H,2,10,13H2,1H3,(H,23,25)(H3,21,22,26). The molecule has 26 heavy (non-hydrogen) atoms. The van der Waals surface area contributed by atoms with E-state index >= 15 is 0 Å². The molecule has 4 N–H and O–H groups in total. The Balaban J connectivity index is 1.69. The molecule has 3 amide bonds. The summed E-state index contributed by atoms with van der Waals surface area (Å²) >= 11 is 0. The highest BCUT2D eigenvalue weighted by atomic mass is 16.2. The number of amides is 3. The van der Waals surface area contributed by atoms with Crippen LogP contribution in [0.3, 0.4) is 0 Å². The van der Waals surface area contributed by atoms with Crippen molar-refractivity contribution < 1.29 is 9.59 Å². The number of nitrogens with zero attached hydrogens (tertiary/aromatic N) is 1. The van der Waals surface area contributed by atoms with Crippen molar-refractivity contribution in [3.05, 3.63) is 65.9 Å². The van der Waals surface area contributed by atoms with Crippen LogP contribution >= 0.6 is 0 Å². The first-order chi connectivity index (χ1) is 12.6. The molecule has 0 aliphatic carbocycles. The Morgan fingerprint density at radius 2 is 1.85 bits per heavy atom. The zero-order chi connectivity index (χ0) is 18.5. The zero-order valence-electron chi connectivity index (χ0n) is 14.7. The maximum atomic E-state index is 12.4. The molecule has 0 radical (unpaired) electrons. The van der Waals surface area contributed by atoms with Crippen LogP contribution in [-0.2, 0) is 13.1 Å². The molecule has 0 bridgehead atoms. The number of fused-ring (bicyclic) bond motifs is 1. The number of urea groups is 1. The van der Waals surface area contributed by atoms with E-state index in [-0.39, 0.29) is 5.91 Å². The molecule has 0 fully saturated rings. The molecule has 0 unspecified atom stereocenters. The van der Waals surface area contributed by atoms with Crippen LogP contribution in [0.1, 0.15) is 29.3 Å². The fraction of sp³-hybridized carbons (Fsp3) is 0.200. The number of aromatic nitrogens is 1. The van der Waals surface area contributed by atoms with E-state index in [4.69, 9.17) is 5.73 Å². The van der Waals surface area contributed by atoms with Gasteiger partial charge in [0.1, 0.15) is 0 Å². The molecule has 134 valence electrons. The van der Waals surface area contributed by atoms with Crippen LogP contribution in [0.15, 0.2) is 54.7 Å². The number of nitrogens with two attached hydrogens (primary N) is 1. The van der Waals surface area contributed by atoms with Gasteiger partial charge in [-0.1, -0.05) is 19.1 Å². The number of hydrogen-bond donors (Lipinski definition) is 3. The maximum Gasteiger partial charge on any atom is 0.312 e. The van der Waals surface area contributed by atoms with Gasteiger partial charge in [0.25, 0.3) is 5.91 Å². The summed E-state index contributed by atoms with van der Waals surface area (Å²) in [7, 11) is 0. The van der Waals surface area contributed by atoms with Crippen molar-refractivity contribution in [2.45, 2.75) is 26.4 Å². The minimum absolute atomic E-state index is 0.174.